The molecule has 1 aromatic carbocycles. The lowest BCUT2D eigenvalue weighted by Gasteiger charge is -2.40. The van der Waals surface area contributed by atoms with Gasteiger partial charge in [-0.05, 0) is 38.3 Å². The average Bonchev–Trinajstić information content (AvgIpc) is 3.05. The van der Waals surface area contributed by atoms with Gasteiger partial charge >= 0.3 is 0 Å². The first-order valence-corrected chi connectivity index (χ1v) is 8.27. The lowest BCUT2D eigenvalue weighted by atomic mass is 10.0. The summed E-state index contributed by atoms with van der Waals surface area (Å²) in [6.07, 6.45) is 4.25. The van der Waals surface area contributed by atoms with Gasteiger partial charge in [0, 0.05) is 24.7 Å². The van der Waals surface area contributed by atoms with Crippen molar-refractivity contribution in [1.29, 1.82) is 0 Å². The summed E-state index contributed by atoms with van der Waals surface area (Å²) in [6.45, 7) is 5.10. The third-order valence-corrected chi connectivity index (χ3v) is 5.05. The average molecular weight is 300 g/mol. The molecule has 22 heavy (non-hydrogen) atoms. The fourth-order valence-corrected chi connectivity index (χ4v) is 3.68. The van der Waals surface area contributed by atoms with Gasteiger partial charge in [0.2, 0.25) is 11.8 Å². The monoisotopic (exact) mass is 300 g/mol. The van der Waals surface area contributed by atoms with E-state index >= 15 is 0 Å². The predicted octanol–water partition coefficient (Wildman–Crippen LogP) is 2.75. The zero-order chi connectivity index (χ0) is 15.7. The van der Waals surface area contributed by atoms with Crippen LogP contribution in [0, 0.1) is 12.8 Å². The molecule has 4 nitrogen and oxygen atoms in total. The molecule has 1 saturated heterocycles. The van der Waals surface area contributed by atoms with E-state index in [4.69, 9.17) is 0 Å². The number of aryl methyl sites for hydroxylation is 1. The van der Waals surface area contributed by atoms with Crippen molar-refractivity contribution in [2.24, 2.45) is 5.92 Å². The van der Waals surface area contributed by atoms with Crippen LogP contribution in [0.4, 0.5) is 5.69 Å². The Bertz CT molecular complexity index is 578. The SMILES string of the molecule is Cc1ccccc1N1CCN(C(=O)C2CCCC2)C(C)C1=O. The van der Waals surface area contributed by atoms with Crippen LogP contribution in [0.3, 0.4) is 0 Å². The molecule has 0 aromatic heterocycles. The number of amides is 2. The number of hydrogen-bond donors (Lipinski definition) is 0. The molecule has 118 valence electrons. The van der Waals surface area contributed by atoms with Gasteiger partial charge in [0.1, 0.15) is 6.04 Å². The Kier molecular flexibility index (Phi) is 4.19. The lowest BCUT2D eigenvalue weighted by Crippen LogP contribution is -2.58. The molecule has 0 bridgehead atoms. The topological polar surface area (TPSA) is 40.6 Å². The molecule has 1 heterocycles. The number of rotatable bonds is 2. The van der Waals surface area contributed by atoms with E-state index in [1.54, 1.807) is 4.90 Å². The largest absolute Gasteiger partial charge is 0.329 e. The normalized spacial score (nSPS) is 23.2. The Hall–Kier alpha value is -1.84. The Morgan fingerprint density at radius 2 is 1.82 bits per heavy atom. The van der Waals surface area contributed by atoms with Crippen molar-refractivity contribution in [2.75, 3.05) is 18.0 Å². The summed E-state index contributed by atoms with van der Waals surface area (Å²) in [5, 5.41) is 0. The maximum absolute atomic E-state index is 12.7. The van der Waals surface area contributed by atoms with Crippen molar-refractivity contribution in [3.05, 3.63) is 29.8 Å². The van der Waals surface area contributed by atoms with Gasteiger partial charge in [0.25, 0.3) is 0 Å². The van der Waals surface area contributed by atoms with Gasteiger partial charge in [-0.25, -0.2) is 0 Å². The second-order valence-electron chi connectivity index (χ2n) is 6.47. The van der Waals surface area contributed by atoms with E-state index in [9.17, 15) is 9.59 Å². The van der Waals surface area contributed by atoms with Crippen LogP contribution in [0.15, 0.2) is 24.3 Å². The number of piperazine rings is 1. The fraction of sp³-hybridized carbons (Fsp3) is 0.556. The van der Waals surface area contributed by atoms with Crippen LogP contribution in [0.25, 0.3) is 0 Å². The van der Waals surface area contributed by atoms with Crippen LogP contribution in [-0.2, 0) is 9.59 Å². The van der Waals surface area contributed by atoms with Crippen molar-refractivity contribution in [3.8, 4) is 0 Å². The molecular formula is C18H24N2O2. The number of nitrogens with zero attached hydrogens (tertiary/aromatic N) is 2. The van der Waals surface area contributed by atoms with Gasteiger partial charge in [0.05, 0.1) is 0 Å². The fourth-order valence-electron chi connectivity index (χ4n) is 3.68. The van der Waals surface area contributed by atoms with Crippen molar-refractivity contribution < 1.29 is 9.59 Å². The summed E-state index contributed by atoms with van der Waals surface area (Å²) < 4.78 is 0. The quantitative estimate of drug-likeness (QED) is 0.842. The Balaban J connectivity index is 1.76. The first-order valence-electron chi connectivity index (χ1n) is 8.27. The maximum Gasteiger partial charge on any atom is 0.249 e. The number of hydrogen-bond acceptors (Lipinski definition) is 2. The molecule has 2 amide bonds. The number of para-hydroxylation sites is 1. The van der Waals surface area contributed by atoms with Crippen LogP contribution < -0.4 is 4.90 Å². The van der Waals surface area contributed by atoms with Crippen LogP contribution in [-0.4, -0.2) is 35.8 Å². The van der Waals surface area contributed by atoms with Crippen LogP contribution >= 0.6 is 0 Å². The highest BCUT2D eigenvalue weighted by Crippen LogP contribution is 2.29. The van der Waals surface area contributed by atoms with Crippen LogP contribution in [0.5, 0.6) is 0 Å². The molecule has 0 N–H and O–H groups in total. The Morgan fingerprint density at radius 1 is 1.14 bits per heavy atom. The van der Waals surface area contributed by atoms with E-state index in [-0.39, 0.29) is 23.8 Å². The Labute approximate surface area is 132 Å². The number of anilines is 1. The first-order chi connectivity index (χ1) is 10.6. The van der Waals surface area contributed by atoms with E-state index < -0.39 is 0 Å². The summed E-state index contributed by atoms with van der Waals surface area (Å²) in [7, 11) is 0. The second kappa shape index (κ2) is 6.11. The summed E-state index contributed by atoms with van der Waals surface area (Å²) in [4.78, 5) is 29.0. The second-order valence-corrected chi connectivity index (χ2v) is 6.47. The molecule has 0 radical (unpaired) electrons. The predicted molar refractivity (Wildman–Crippen MR) is 86.7 cm³/mol. The minimum atomic E-state index is -0.360. The van der Waals surface area contributed by atoms with Gasteiger partial charge in [-0.3, -0.25) is 9.59 Å². The van der Waals surface area contributed by atoms with Crippen molar-refractivity contribution >= 4 is 17.5 Å². The lowest BCUT2D eigenvalue weighted by molar-refractivity contribution is -0.143. The van der Waals surface area contributed by atoms with Gasteiger partial charge in [0.15, 0.2) is 0 Å². The van der Waals surface area contributed by atoms with E-state index in [2.05, 4.69) is 0 Å². The molecule has 1 atom stereocenters. The van der Waals surface area contributed by atoms with Crippen molar-refractivity contribution in [1.82, 2.24) is 4.90 Å². The van der Waals surface area contributed by atoms with E-state index in [1.807, 2.05) is 43.0 Å². The van der Waals surface area contributed by atoms with Crippen LogP contribution in [0.2, 0.25) is 0 Å². The van der Waals surface area contributed by atoms with Gasteiger partial charge in [-0.15, -0.1) is 0 Å². The van der Waals surface area contributed by atoms with Gasteiger partial charge in [-0.2, -0.15) is 0 Å². The van der Waals surface area contributed by atoms with E-state index in [0.29, 0.717) is 13.1 Å². The molecular weight excluding hydrogens is 276 g/mol. The van der Waals surface area contributed by atoms with E-state index in [0.717, 1.165) is 36.9 Å². The maximum atomic E-state index is 12.7. The molecule has 1 aliphatic carbocycles. The number of benzene rings is 1. The van der Waals surface area contributed by atoms with Crippen LogP contribution in [0.1, 0.15) is 38.2 Å². The number of carbonyl (C=O) groups excluding carboxylic acids is 2. The van der Waals surface area contributed by atoms with Gasteiger partial charge < -0.3 is 9.80 Å². The minimum absolute atomic E-state index is 0.0342. The highest BCUT2D eigenvalue weighted by molar-refractivity contribution is 6.00. The smallest absolute Gasteiger partial charge is 0.249 e. The zero-order valence-electron chi connectivity index (χ0n) is 13.4. The zero-order valence-corrected chi connectivity index (χ0v) is 13.4. The summed E-state index contributed by atoms with van der Waals surface area (Å²) in [5.41, 5.74) is 2.06. The standard InChI is InChI=1S/C18H24N2O2/c1-13-7-3-6-10-16(13)20-12-11-19(14(2)17(20)21)18(22)15-8-4-5-9-15/h3,6-7,10,14-15H,4-5,8-9,11-12H2,1-2H3. The third kappa shape index (κ3) is 2.62. The molecule has 1 saturated carbocycles. The minimum Gasteiger partial charge on any atom is -0.329 e. The summed E-state index contributed by atoms with van der Waals surface area (Å²) in [5.74, 6) is 0.356. The first kappa shape index (κ1) is 15.1. The molecule has 2 fully saturated rings. The molecule has 2 aliphatic rings. The molecule has 3 rings (SSSR count). The summed E-state index contributed by atoms with van der Waals surface area (Å²) in [6, 6.07) is 7.57. The van der Waals surface area contributed by atoms with E-state index in [1.165, 1.54) is 0 Å². The molecule has 1 aliphatic heterocycles. The highest BCUT2D eigenvalue weighted by Gasteiger charge is 2.38. The summed E-state index contributed by atoms with van der Waals surface area (Å²) >= 11 is 0. The molecule has 1 aromatic rings. The molecule has 0 spiro atoms. The van der Waals surface area contributed by atoms with Crippen molar-refractivity contribution in [2.45, 2.75) is 45.6 Å². The van der Waals surface area contributed by atoms with Gasteiger partial charge in [-0.1, -0.05) is 31.0 Å². The highest BCUT2D eigenvalue weighted by atomic mass is 16.2. The molecule has 1 unspecified atom stereocenters. The Morgan fingerprint density at radius 3 is 2.50 bits per heavy atom. The third-order valence-electron chi connectivity index (χ3n) is 5.05. The number of carbonyl (C=O) groups is 2. The molecule has 4 heteroatoms. The van der Waals surface area contributed by atoms with Crippen molar-refractivity contribution in [3.63, 3.8) is 0 Å².